The van der Waals surface area contributed by atoms with Gasteiger partial charge in [0.15, 0.2) is 0 Å². The van der Waals surface area contributed by atoms with E-state index in [1.807, 2.05) is 0 Å². The van der Waals surface area contributed by atoms with E-state index in [1.54, 1.807) is 0 Å². The molecule has 2 heterocycles. The summed E-state index contributed by atoms with van der Waals surface area (Å²) >= 11 is 0. The molecule has 126 valence electrons. The van der Waals surface area contributed by atoms with Gasteiger partial charge in [-0.05, 0) is 63.2 Å². The molecule has 3 rings (SSSR count). The van der Waals surface area contributed by atoms with Crippen LogP contribution in [0.2, 0.25) is 0 Å². The first-order valence-electron chi connectivity index (χ1n) is 8.77. The van der Waals surface area contributed by atoms with Gasteiger partial charge in [-0.25, -0.2) is 4.79 Å². The predicted octanol–water partition coefficient (Wildman–Crippen LogP) is 2.04. The molecule has 23 heavy (non-hydrogen) atoms. The van der Waals surface area contributed by atoms with Crippen LogP contribution in [0.1, 0.15) is 37.7 Å². The lowest BCUT2D eigenvalue weighted by Crippen LogP contribution is -2.67. The van der Waals surface area contributed by atoms with Gasteiger partial charge >= 0.3 is 6.03 Å². The number of benzene rings is 1. The van der Waals surface area contributed by atoms with Crippen LogP contribution < -0.4 is 16.4 Å². The normalized spacial score (nSPS) is 26.8. The number of piperidine rings is 2. The molecule has 1 aromatic rings. The molecule has 0 aliphatic carbocycles. The van der Waals surface area contributed by atoms with Crippen LogP contribution in [0.25, 0.3) is 0 Å². The summed E-state index contributed by atoms with van der Waals surface area (Å²) in [5.41, 5.74) is 6.52. The van der Waals surface area contributed by atoms with Gasteiger partial charge in [-0.2, -0.15) is 0 Å². The third-order valence-electron chi connectivity index (χ3n) is 5.32. The zero-order valence-corrected chi connectivity index (χ0v) is 13.8. The quantitative estimate of drug-likeness (QED) is 0.796. The van der Waals surface area contributed by atoms with E-state index in [0.29, 0.717) is 5.92 Å². The highest BCUT2D eigenvalue weighted by molar-refractivity contribution is 5.72. The molecule has 1 atom stereocenters. The van der Waals surface area contributed by atoms with Crippen LogP contribution in [-0.2, 0) is 6.54 Å². The highest BCUT2D eigenvalue weighted by Gasteiger charge is 2.41. The van der Waals surface area contributed by atoms with E-state index in [9.17, 15) is 4.79 Å². The first-order valence-corrected chi connectivity index (χ1v) is 8.77. The predicted molar refractivity (Wildman–Crippen MR) is 91.7 cm³/mol. The zero-order valence-electron chi connectivity index (χ0n) is 13.8. The van der Waals surface area contributed by atoms with Gasteiger partial charge in [0, 0.05) is 6.54 Å². The molecular weight excluding hydrogens is 288 g/mol. The Kier molecular flexibility index (Phi) is 5.18. The van der Waals surface area contributed by atoms with Crippen molar-refractivity contribution in [3.63, 3.8) is 0 Å². The first-order chi connectivity index (χ1) is 11.2. The van der Waals surface area contributed by atoms with Gasteiger partial charge in [-0.1, -0.05) is 30.3 Å². The molecule has 2 aliphatic heterocycles. The van der Waals surface area contributed by atoms with Gasteiger partial charge in [-0.15, -0.1) is 0 Å². The van der Waals surface area contributed by atoms with Crippen LogP contribution in [0.5, 0.6) is 0 Å². The summed E-state index contributed by atoms with van der Waals surface area (Å²) < 4.78 is 0. The molecule has 4 N–H and O–H groups in total. The summed E-state index contributed by atoms with van der Waals surface area (Å²) in [5.74, 6) is 0.460. The van der Waals surface area contributed by atoms with Crippen LogP contribution in [-0.4, -0.2) is 36.2 Å². The Balaban J connectivity index is 1.59. The highest BCUT2D eigenvalue weighted by Crippen LogP contribution is 2.33. The number of amides is 2. The van der Waals surface area contributed by atoms with Crippen molar-refractivity contribution in [2.75, 3.05) is 19.6 Å². The van der Waals surface area contributed by atoms with Gasteiger partial charge in [0.25, 0.3) is 0 Å². The average molecular weight is 316 g/mol. The number of nitrogens with zero attached hydrogens (tertiary/aromatic N) is 1. The fourth-order valence-corrected chi connectivity index (χ4v) is 4.13. The molecule has 5 nitrogen and oxygen atoms in total. The molecule has 2 aliphatic rings. The van der Waals surface area contributed by atoms with Gasteiger partial charge < -0.3 is 11.1 Å². The second-order valence-corrected chi connectivity index (χ2v) is 6.88. The number of carbonyl (C=O) groups excluding carboxylic acids is 1. The van der Waals surface area contributed by atoms with Gasteiger partial charge in [-0.3, -0.25) is 10.2 Å². The second-order valence-electron chi connectivity index (χ2n) is 6.88. The van der Waals surface area contributed by atoms with Crippen molar-refractivity contribution in [1.29, 1.82) is 0 Å². The second kappa shape index (κ2) is 7.32. The molecule has 0 spiro atoms. The van der Waals surface area contributed by atoms with E-state index in [0.717, 1.165) is 51.9 Å². The summed E-state index contributed by atoms with van der Waals surface area (Å²) in [5, 5.41) is 6.61. The Labute approximate surface area is 138 Å². The molecule has 1 unspecified atom stereocenters. The first kappa shape index (κ1) is 16.3. The van der Waals surface area contributed by atoms with E-state index in [1.165, 1.54) is 12.0 Å². The lowest BCUT2D eigenvalue weighted by molar-refractivity contribution is 0.0660. The number of nitrogens with one attached hydrogen (secondary N) is 2. The Hall–Kier alpha value is -1.59. The number of urea groups is 1. The monoisotopic (exact) mass is 316 g/mol. The standard InChI is InChI=1S/C18H28N4O/c19-17(23)21-18(10-4-5-11-20-18)16-8-12-22(13-9-16)14-15-6-2-1-3-7-15/h1-3,6-7,16,20H,4-5,8-14H2,(H3,19,21,23). The molecule has 2 amide bonds. The summed E-state index contributed by atoms with van der Waals surface area (Å²) in [6.45, 7) is 4.12. The third-order valence-corrected chi connectivity index (χ3v) is 5.32. The minimum Gasteiger partial charge on any atom is -0.352 e. The highest BCUT2D eigenvalue weighted by atomic mass is 16.2. The lowest BCUT2D eigenvalue weighted by atomic mass is 9.79. The molecule has 0 aromatic heterocycles. The number of nitrogens with two attached hydrogens (primary N) is 1. The fourth-order valence-electron chi connectivity index (χ4n) is 4.13. The molecule has 0 bridgehead atoms. The van der Waals surface area contributed by atoms with Crippen LogP contribution in [0.3, 0.4) is 0 Å². The average Bonchev–Trinajstić information content (AvgIpc) is 2.57. The molecule has 5 heteroatoms. The maximum Gasteiger partial charge on any atom is 0.313 e. The van der Waals surface area contributed by atoms with Crippen molar-refractivity contribution in [2.24, 2.45) is 11.7 Å². The molecule has 2 fully saturated rings. The lowest BCUT2D eigenvalue weighted by Gasteiger charge is -2.47. The molecule has 0 radical (unpaired) electrons. The zero-order chi connectivity index (χ0) is 16.1. The van der Waals surface area contributed by atoms with Crippen LogP contribution in [0.4, 0.5) is 4.79 Å². The van der Waals surface area contributed by atoms with Gasteiger partial charge in [0.1, 0.15) is 0 Å². The Bertz CT molecular complexity index is 505. The van der Waals surface area contributed by atoms with Crippen molar-refractivity contribution in [3.8, 4) is 0 Å². The van der Waals surface area contributed by atoms with Crippen molar-refractivity contribution < 1.29 is 4.79 Å². The number of carbonyl (C=O) groups is 1. The molecule has 1 aromatic carbocycles. The van der Waals surface area contributed by atoms with Crippen LogP contribution >= 0.6 is 0 Å². The van der Waals surface area contributed by atoms with E-state index in [4.69, 9.17) is 5.73 Å². The SMILES string of the molecule is NC(=O)NC1(C2CCN(Cc3ccccc3)CC2)CCCCN1. The van der Waals surface area contributed by atoms with Crippen molar-refractivity contribution in [3.05, 3.63) is 35.9 Å². The van der Waals surface area contributed by atoms with E-state index in [2.05, 4.69) is 45.9 Å². The van der Waals surface area contributed by atoms with Crippen molar-refractivity contribution in [2.45, 2.75) is 44.3 Å². The summed E-state index contributed by atoms with van der Waals surface area (Å²) in [7, 11) is 0. The number of primary amides is 1. The maximum atomic E-state index is 11.5. The van der Waals surface area contributed by atoms with Crippen molar-refractivity contribution >= 4 is 6.03 Å². The Morgan fingerprint density at radius 1 is 1.26 bits per heavy atom. The largest absolute Gasteiger partial charge is 0.352 e. The third kappa shape index (κ3) is 4.03. The number of hydrogen-bond acceptors (Lipinski definition) is 3. The number of likely N-dealkylation sites (tertiary alicyclic amines) is 1. The summed E-state index contributed by atoms with van der Waals surface area (Å²) in [6, 6.07) is 10.2. The van der Waals surface area contributed by atoms with E-state index < -0.39 is 6.03 Å². The molecule has 0 saturated carbocycles. The topological polar surface area (TPSA) is 70.4 Å². The van der Waals surface area contributed by atoms with Gasteiger partial charge in [0.2, 0.25) is 0 Å². The van der Waals surface area contributed by atoms with Crippen LogP contribution in [0, 0.1) is 5.92 Å². The van der Waals surface area contributed by atoms with Gasteiger partial charge in [0.05, 0.1) is 5.66 Å². The fraction of sp³-hybridized carbons (Fsp3) is 0.611. The minimum atomic E-state index is -0.411. The molecular formula is C18H28N4O. The number of rotatable bonds is 4. The minimum absolute atomic E-state index is 0.289. The van der Waals surface area contributed by atoms with Crippen LogP contribution in [0.15, 0.2) is 30.3 Å². The van der Waals surface area contributed by atoms with E-state index in [-0.39, 0.29) is 5.66 Å². The Morgan fingerprint density at radius 3 is 2.61 bits per heavy atom. The maximum absolute atomic E-state index is 11.5. The molecule has 2 saturated heterocycles. The summed E-state index contributed by atoms with van der Waals surface area (Å²) in [6.07, 6.45) is 5.51. The smallest absolute Gasteiger partial charge is 0.313 e. The Morgan fingerprint density at radius 2 is 2.00 bits per heavy atom. The number of hydrogen-bond donors (Lipinski definition) is 3. The van der Waals surface area contributed by atoms with Crippen molar-refractivity contribution in [1.82, 2.24) is 15.5 Å². The van der Waals surface area contributed by atoms with E-state index >= 15 is 0 Å². The summed E-state index contributed by atoms with van der Waals surface area (Å²) in [4.78, 5) is 14.0.